The average molecular weight is 813 g/mol. The van der Waals surface area contributed by atoms with Crippen molar-refractivity contribution >= 4 is 44.8 Å². The van der Waals surface area contributed by atoms with Crippen LogP contribution in [0.25, 0.3) is 44.6 Å². The van der Waals surface area contributed by atoms with E-state index >= 15 is 0 Å². The van der Waals surface area contributed by atoms with Crippen molar-refractivity contribution in [2.45, 2.75) is 26.8 Å². The zero-order chi connectivity index (χ0) is 41.9. The number of anilines is 4. The van der Waals surface area contributed by atoms with Crippen LogP contribution in [0.1, 0.15) is 13.8 Å². The van der Waals surface area contributed by atoms with Gasteiger partial charge in [-0.1, -0.05) is 32.0 Å². The fraction of sp³-hybridized carbons (Fsp3) is 0.0952. The molecule has 17 heteroatoms. The van der Waals surface area contributed by atoms with Crippen molar-refractivity contribution in [3.05, 3.63) is 146 Å². The first-order valence-corrected chi connectivity index (χ1v) is 17.7. The molecule has 0 saturated heterocycles. The Morgan fingerprint density at radius 2 is 1.17 bits per heavy atom. The molecule has 0 amide bonds. The van der Waals surface area contributed by atoms with Gasteiger partial charge in [0, 0.05) is 70.9 Å². The van der Waals surface area contributed by atoms with Crippen LogP contribution >= 0.6 is 0 Å². The number of hydrogen-bond acceptors (Lipinski definition) is 10. The van der Waals surface area contributed by atoms with Gasteiger partial charge in [-0.05, 0) is 72.8 Å². The van der Waals surface area contributed by atoms with E-state index in [-0.39, 0.29) is 22.7 Å². The summed E-state index contributed by atoms with van der Waals surface area (Å²) in [7, 11) is 0. The van der Waals surface area contributed by atoms with Crippen molar-refractivity contribution < 1.29 is 40.2 Å². The molecule has 8 aromatic rings. The van der Waals surface area contributed by atoms with Gasteiger partial charge in [0.05, 0.1) is 16.4 Å². The first-order valence-electron chi connectivity index (χ1n) is 17.7. The van der Waals surface area contributed by atoms with Crippen molar-refractivity contribution in [3.8, 4) is 34.3 Å². The van der Waals surface area contributed by atoms with Crippen LogP contribution < -0.4 is 20.1 Å². The third kappa shape index (κ3) is 10.9. The van der Waals surface area contributed by atoms with Crippen molar-refractivity contribution in [1.82, 2.24) is 29.9 Å². The zero-order valence-electron chi connectivity index (χ0n) is 30.9. The maximum Gasteiger partial charge on any atom is 0.573 e. The number of fused-ring (bicyclic) bond motifs is 2. The summed E-state index contributed by atoms with van der Waals surface area (Å²) >= 11 is 0. The van der Waals surface area contributed by atoms with Crippen molar-refractivity contribution in [2.75, 3.05) is 10.6 Å². The van der Waals surface area contributed by atoms with Crippen LogP contribution in [0, 0.1) is 11.6 Å². The molecule has 0 saturated carbocycles. The minimum absolute atomic E-state index is 0.0219. The summed E-state index contributed by atoms with van der Waals surface area (Å²) in [6.45, 7) is 1.06. The number of benzene rings is 4. The van der Waals surface area contributed by atoms with Gasteiger partial charge in [-0.3, -0.25) is 9.97 Å². The summed E-state index contributed by atoms with van der Waals surface area (Å²) in [5.41, 5.74) is 2.73. The highest BCUT2D eigenvalue weighted by Crippen LogP contribution is 2.32. The molecule has 59 heavy (non-hydrogen) atoms. The third-order valence-corrected chi connectivity index (χ3v) is 7.82. The highest BCUT2D eigenvalue weighted by Gasteiger charge is 2.31. The third-order valence-electron chi connectivity index (χ3n) is 7.82. The van der Waals surface area contributed by atoms with E-state index in [9.17, 15) is 30.7 Å². The second-order valence-corrected chi connectivity index (χ2v) is 11.8. The molecule has 0 aliphatic carbocycles. The van der Waals surface area contributed by atoms with Crippen LogP contribution in [0.15, 0.2) is 134 Å². The first kappa shape index (κ1) is 41.2. The van der Waals surface area contributed by atoms with Crippen molar-refractivity contribution in [3.63, 3.8) is 0 Å². The molecule has 300 valence electrons. The second kappa shape index (κ2) is 18.7. The molecule has 2 N–H and O–H groups in total. The molecule has 0 unspecified atom stereocenters. The predicted octanol–water partition coefficient (Wildman–Crippen LogP) is 11.7. The summed E-state index contributed by atoms with van der Waals surface area (Å²) in [6.07, 6.45) is 1.57. The van der Waals surface area contributed by atoms with Gasteiger partial charge in [0.25, 0.3) is 0 Å². The number of pyridine rings is 2. The quantitative estimate of drug-likeness (QED) is 0.136. The fourth-order valence-corrected chi connectivity index (χ4v) is 5.47. The van der Waals surface area contributed by atoms with Gasteiger partial charge in [0.2, 0.25) is 0 Å². The Hall–Kier alpha value is -7.43. The number of nitrogens with zero attached hydrogens (tertiary/aromatic N) is 6. The van der Waals surface area contributed by atoms with E-state index < -0.39 is 24.6 Å². The van der Waals surface area contributed by atoms with Gasteiger partial charge < -0.3 is 20.1 Å². The summed E-state index contributed by atoms with van der Waals surface area (Å²) in [5, 5.41) is 6.63. The maximum atomic E-state index is 14.5. The van der Waals surface area contributed by atoms with Gasteiger partial charge >= 0.3 is 13.0 Å². The van der Waals surface area contributed by atoms with Gasteiger partial charge in [0.15, 0.2) is 11.6 Å². The number of alkyl halides is 5. The Balaban J connectivity index is 0.000000191. The van der Waals surface area contributed by atoms with E-state index in [0.29, 0.717) is 56.4 Å². The van der Waals surface area contributed by atoms with E-state index in [2.05, 4.69) is 50.0 Å². The number of aromatic nitrogens is 6. The first-order chi connectivity index (χ1) is 28.5. The molecule has 0 radical (unpaired) electrons. The monoisotopic (exact) mass is 812 g/mol. The summed E-state index contributed by atoms with van der Waals surface area (Å²) in [6, 6.07) is 26.8. The molecule has 10 nitrogen and oxygen atoms in total. The molecule has 0 aliphatic rings. The Morgan fingerprint density at radius 1 is 0.593 bits per heavy atom. The SMILES string of the molecule is CC.Fc1ccc2c(Nc3cccc(OC(F)(F)F)c3)nc(-c3cccnc3)nc2c1.Fc1cccc2nc(-c3cccnc3)nc(Nc3cccc(OC(F)F)c3)c12. The molecule has 0 fully saturated rings. The topological polar surface area (TPSA) is 120 Å². The van der Waals surface area contributed by atoms with E-state index in [4.69, 9.17) is 0 Å². The molecular formula is C42H31F7N8O2. The summed E-state index contributed by atoms with van der Waals surface area (Å²) in [4.78, 5) is 25.7. The number of hydrogen-bond donors (Lipinski definition) is 2. The normalized spacial score (nSPS) is 10.9. The lowest BCUT2D eigenvalue weighted by atomic mass is 10.2. The molecule has 4 aromatic heterocycles. The number of halogens is 7. The van der Waals surface area contributed by atoms with E-state index in [1.807, 2.05) is 13.8 Å². The summed E-state index contributed by atoms with van der Waals surface area (Å²) in [5.74, 6) is -0.215. The minimum Gasteiger partial charge on any atom is -0.435 e. The molecule has 0 spiro atoms. The molecule has 4 heterocycles. The minimum atomic E-state index is -4.80. The van der Waals surface area contributed by atoms with E-state index in [0.717, 1.165) is 0 Å². The van der Waals surface area contributed by atoms with Gasteiger partial charge in [-0.25, -0.2) is 28.7 Å². The Labute approximate surface area is 331 Å². The number of rotatable bonds is 9. The van der Waals surface area contributed by atoms with Crippen LogP contribution in [0.2, 0.25) is 0 Å². The average Bonchev–Trinajstić information content (AvgIpc) is 3.21. The van der Waals surface area contributed by atoms with Gasteiger partial charge in [-0.15, -0.1) is 13.2 Å². The number of ether oxygens (including phenoxy) is 2. The predicted molar refractivity (Wildman–Crippen MR) is 210 cm³/mol. The van der Waals surface area contributed by atoms with Crippen molar-refractivity contribution in [1.29, 1.82) is 0 Å². The molecule has 4 aromatic carbocycles. The molecule has 0 aliphatic heterocycles. The Morgan fingerprint density at radius 3 is 1.78 bits per heavy atom. The molecule has 8 rings (SSSR count). The molecule has 0 bridgehead atoms. The lowest BCUT2D eigenvalue weighted by molar-refractivity contribution is -0.274. The largest absolute Gasteiger partial charge is 0.573 e. The van der Waals surface area contributed by atoms with Crippen LogP contribution in [-0.2, 0) is 0 Å². The summed E-state index contributed by atoms with van der Waals surface area (Å²) < 4.78 is 98.9. The Kier molecular flexibility index (Phi) is 13.0. The highest BCUT2D eigenvalue weighted by atomic mass is 19.4. The lowest BCUT2D eigenvalue weighted by Gasteiger charge is -2.13. The van der Waals surface area contributed by atoms with Crippen LogP contribution in [0.3, 0.4) is 0 Å². The van der Waals surface area contributed by atoms with Crippen molar-refractivity contribution in [2.24, 2.45) is 0 Å². The maximum absolute atomic E-state index is 14.5. The number of nitrogens with one attached hydrogen (secondary N) is 2. The molecule has 0 atom stereocenters. The van der Waals surface area contributed by atoms with Crippen LogP contribution in [0.5, 0.6) is 11.5 Å². The van der Waals surface area contributed by atoms with Gasteiger partial charge in [0.1, 0.15) is 34.8 Å². The van der Waals surface area contributed by atoms with E-state index in [1.54, 1.807) is 79.4 Å². The lowest BCUT2D eigenvalue weighted by Crippen LogP contribution is -2.17. The smallest absolute Gasteiger partial charge is 0.435 e. The van der Waals surface area contributed by atoms with Gasteiger partial charge in [-0.2, -0.15) is 8.78 Å². The Bertz CT molecular complexity index is 2660. The zero-order valence-corrected chi connectivity index (χ0v) is 30.9. The second-order valence-electron chi connectivity index (χ2n) is 11.8. The highest BCUT2D eigenvalue weighted by molar-refractivity contribution is 5.93. The fourth-order valence-electron chi connectivity index (χ4n) is 5.47. The standard InChI is InChI=1S/C20H12F4N4O.C20H13F3N4O.C2H6/c21-13-6-7-16-17(9-13)27-18(12-3-2-8-25-11-12)28-19(16)26-14-4-1-5-15(10-14)29-20(22,23)24;21-15-7-2-8-16-17(15)19(27-18(26-16)12-4-3-9-24-11-12)25-13-5-1-6-14(10-13)28-20(22)23;1-2/h1-11H,(H,26,27,28);1-11,20H,(H,25,26,27);1-2H3. The molecular weight excluding hydrogens is 782 g/mol. The van der Waals surface area contributed by atoms with Crippen LogP contribution in [-0.4, -0.2) is 42.9 Å². The van der Waals surface area contributed by atoms with E-state index in [1.165, 1.54) is 54.6 Å². The van der Waals surface area contributed by atoms with Crippen LogP contribution in [0.4, 0.5) is 53.7 Å².